The SMILES string of the molecule is CCSc1nnc(NS(=O)(=O)c2cn(Cc3ccccc3)nc2-c2ccccc2)s1. The van der Waals surface area contributed by atoms with Crippen molar-refractivity contribution in [1.82, 2.24) is 20.0 Å². The number of thioether (sulfide) groups is 1. The normalized spacial score (nSPS) is 11.5. The van der Waals surface area contributed by atoms with E-state index < -0.39 is 10.0 Å². The molecule has 0 saturated carbocycles. The second-order valence-corrected chi connectivity index (χ2v) is 10.4. The number of sulfonamides is 1. The third-order valence-corrected chi connectivity index (χ3v) is 7.47. The van der Waals surface area contributed by atoms with Gasteiger partial charge in [-0.25, -0.2) is 8.42 Å². The van der Waals surface area contributed by atoms with E-state index in [9.17, 15) is 8.42 Å². The van der Waals surface area contributed by atoms with Gasteiger partial charge in [0, 0.05) is 11.8 Å². The highest BCUT2D eigenvalue weighted by Gasteiger charge is 2.25. The molecule has 0 aliphatic rings. The van der Waals surface area contributed by atoms with Gasteiger partial charge in [-0.3, -0.25) is 9.40 Å². The molecule has 0 amide bonds. The van der Waals surface area contributed by atoms with E-state index >= 15 is 0 Å². The summed E-state index contributed by atoms with van der Waals surface area (Å²) in [4.78, 5) is 0.101. The molecule has 0 atom stereocenters. The summed E-state index contributed by atoms with van der Waals surface area (Å²) < 4.78 is 31.3. The van der Waals surface area contributed by atoms with Crippen LogP contribution in [-0.2, 0) is 16.6 Å². The third kappa shape index (κ3) is 4.72. The van der Waals surface area contributed by atoms with Crippen molar-refractivity contribution in [3.63, 3.8) is 0 Å². The molecule has 7 nitrogen and oxygen atoms in total. The Labute approximate surface area is 183 Å². The molecule has 0 fully saturated rings. The van der Waals surface area contributed by atoms with Crippen molar-refractivity contribution in [3.8, 4) is 11.3 Å². The Morgan fingerprint density at radius 2 is 1.73 bits per heavy atom. The maximum Gasteiger partial charge on any atom is 0.267 e. The number of hydrogen-bond acceptors (Lipinski definition) is 7. The number of nitrogens with one attached hydrogen (secondary N) is 1. The van der Waals surface area contributed by atoms with Gasteiger partial charge in [-0.2, -0.15) is 5.10 Å². The molecule has 2 aromatic heterocycles. The van der Waals surface area contributed by atoms with Crippen LogP contribution in [0.5, 0.6) is 0 Å². The Morgan fingerprint density at radius 1 is 1.03 bits per heavy atom. The van der Waals surface area contributed by atoms with E-state index in [2.05, 4.69) is 20.0 Å². The summed E-state index contributed by atoms with van der Waals surface area (Å²) in [6.07, 6.45) is 1.56. The quantitative estimate of drug-likeness (QED) is 0.395. The van der Waals surface area contributed by atoms with Crippen LogP contribution in [-0.4, -0.2) is 34.1 Å². The van der Waals surface area contributed by atoms with Gasteiger partial charge in [0.15, 0.2) is 4.34 Å². The predicted molar refractivity (Wildman–Crippen MR) is 120 cm³/mol. The van der Waals surface area contributed by atoms with Crippen molar-refractivity contribution in [3.05, 3.63) is 72.4 Å². The van der Waals surface area contributed by atoms with E-state index in [4.69, 9.17) is 0 Å². The van der Waals surface area contributed by atoms with E-state index in [0.717, 1.165) is 21.2 Å². The lowest BCUT2D eigenvalue weighted by Gasteiger charge is -2.04. The van der Waals surface area contributed by atoms with Crippen molar-refractivity contribution in [2.75, 3.05) is 10.5 Å². The number of benzene rings is 2. The molecule has 154 valence electrons. The average Bonchev–Trinajstić information content (AvgIpc) is 3.37. The topological polar surface area (TPSA) is 89.8 Å². The molecular weight excluding hydrogens is 438 g/mol. The van der Waals surface area contributed by atoms with Crippen LogP contribution in [0.4, 0.5) is 5.13 Å². The van der Waals surface area contributed by atoms with Gasteiger partial charge < -0.3 is 0 Å². The van der Waals surface area contributed by atoms with E-state index in [1.165, 1.54) is 23.1 Å². The lowest BCUT2D eigenvalue weighted by atomic mass is 10.2. The average molecular weight is 458 g/mol. The molecule has 1 N–H and O–H groups in total. The summed E-state index contributed by atoms with van der Waals surface area (Å²) in [6, 6.07) is 19.1. The first-order chi connectivity index (χ1) is 14.5. The fourth-order valence-electron chi connectivity index (χ4n) is 2.85. The number of anilines is 1. The third-order valence-electron chi connectivity index (χ3n) is 4.15. The first-order valence-corrected chi connectivity index (χ1v) is 12.5. The van der Waals surface area contributed by atoms with Crippen molar-refractivity contribution in [1.29, 1.82) is 0 Å². The molecular formula is C20H19N5O2S3. The van der Waals surface area contributed by atoms with E-state index in [1.807, 2.05) is 67.6 Å². The summed E-state index contributed by atoms with van der Waals surface area (Å²) >= 11 is 2.73. The van der Waals surface area contributed by atoms with Crippen molar-refractivity contribution in [2.24, 2.45) is 0 Å². The van der Waals surface area contributed by atoms with Gasteiger partial charge in [0.1, 0.15) is 10.6 Å². The van der Waals surface area contributed by atoms with Crippen LogP contribution in [0.25, 0.3) is 11.3 Å². The minimum Gasteiger partial charge on any atom is -0.266 e. The maximum atomic E-state index is 13.2. The zero-order chi connectivity index (χ0) is 21.0. The standard InChI is InChI=1S/C20H19N5O2S3/c1-2-28-20-22-21-19(29-20)24-30(26,27)17-14-25(13-15-9-5-3-6-10-15)23-18(17)16-11-7-4-8-12-16/h3-12,14H,2,13H2,1H3,(H,21,24). The highest BCUT2D eigenvalue weighted by Crippen LogP contribution is 2.30. The highest BCUT2D eigenvalue weighted by atomic mass is 32.2. The molecule has 30 heavy (non-hydrogen) atoms. The first kappa shape index (κ1) is 20.6. The van der Waals surface area contributed by atoms with Gasteiger partial charge in [0.05, 0.1) is 6.54 Å². The monoisotopic (exact) mass is 457 g/mol. The summed E-state index contributed by atoms with van der Waals surface area (Å²) in [7, 11) is -3.90. The number of rotatable bonds is 8. The lowest BCUT2D eigenvalue weighted by molar-refractivity contribution is 0.601. The molecule has 2 heterocycles. The van der Waals surface area contributed by atoms with Crippen LogP contribution < -0.4 is 4.72 Å². The Balaban J connectivity index is 1.70. The largest absolute Gasteiger partial charge is 0.267 e. The van der Waals surface area contributed by atoms with Crippen molar-refractivity contribution in [2.45, 2.75) is 22.7 Å². The molecule has 0 saturated heterocycles. The van der Waals surface area contributed by atoms with Crippen LogP contribution in [0.3, 0.4) is 0 Å². The van der Waals surface area contributed by atoms with Crippen LogP contribution in [0.15, 0.2) is 76.1 Å². The lowest BCUT2D eigenvalue weighted by Crippen LogP contribution is -2.13. The van der Waals surface area contributed by atoms with Crippen LogP contribution in [0.2, 0.25) is 0 Å². The van der Waals surface area contributed by atoms with E-state index in [-0.39, 0.29) is 10.0 Å². The van der Waals surface area contributed by atoms with Crippen molar-refractivity contribution >= 4 is 38.3 Å². The summed E-state index contributed by atoms with van der Waals surface area (Å²) in [6.45, 7) is 2.47. The second-order valence-electron chi connectivity index (χ2n) is 6.30. The van der Waals surface area contributed by atoms with Gasteiger partial charge >= 0.3 is 0 Å². The minimum atomic E-state index is -3.90. The molecule has 0 unspecified atom stereocenters. The van der Waals surface area contributed by atoms with Gasteiger partial charge in [0.25, 0.3) is 10.0 Å². The molecule has 0 aliphatic heterocycles. The molecule has 10 heteroatoms. The zero-order valence-electron chi connectivity index (χ0n) is 16.1. The van der Waals surface area contributed by atoms with Crippen LogP contribution in [0.1, 0.15) is 12.5 Å². The maximum absolute atomic E-state index is 13.2. The smallest absolute Gasteiger partial charge is 0.266 e. The fraction of sp³-hybridized carbons (Fsp3) is 0.150. The van der Waals surface area contributed by atoms with Gasteiger partial charge in [-0.1, -0.05) is 90.7 Å². The summed E-state index contributed by atoms with van der Waals surface area (Å²) in [5.41, 5.74) is 2.15. The second kappa shape index (κ2) is 8.99. The van der Waals surface area contributed by atoms with Crippen LogP contribution in [0, 0.1) is 0 Å². The Hall–Kier alpha value is -2.69. The highest BCUT2D eigenvalue weighted by molar-refractivity contribution is 8.01. The van der Waals surface area contributed by atoms with Crippen LogP contribution >= 0.6 is 23.1 Å². The van der Waals surface area contributed by atoms with Gasteiger partial charge in [-0.15, -0.1) is 10.2 Å². The number of nitrogens with zero attached hydrogens (tertiary/aromatic N) is 4. The Morgan fingerprint density at radius 3 is 2.43 bits per heavy atom. The summed E-state index contributed by atoms with van der Waals surface area (Å²) in [5, 5.41) is 12.8. The van der Waals surface area contributed by atoms with Gasteiger partial charge in [0.2, 0.25) is 5.13 Å². The summed E-state index contributed by atoms with van der Waals surface area (Å²) in [5.74, 6) is 0.839. The van der Waals surface area contributed by atoms with Gasteiger partial charge in [-0.05, 0) is 11.3 Å². The molecule has 0 aliphatic carbocycles. The fourth-order valence-corrected chi connectivity index (χ4v) is 5.90. The van der Waals surface area contributed by atoms with E-state index in [0.29, 0.717) is 12.2 Å². The molecule has 0 radical (unpaired) electrons. The molecule has 0 bridgehead atoms. The van der Waals surface area contributed by atoms with Crippen molar-refractivity contribution < 1.29 is 8.42 Å². The molecule has 4 aromatic rings. The minimum absolute atomic E-state index is 0.101. The van der Waals surface area contributed by atoms with E-state index in [1.54, 1.807) is 10.9 Å². The number of hydrogen-bond donors (Lipinski definition) is 1. The number of aromatic nitrogens is 4. The first-order valence-electron chi connectivity index (χ1n) is 9.21. The Kier molecular flexibility index (Phi) is 6.16. The Bertz CT molecular complexity index is 1220. The zero-order valence-corrected chi connectivity index (χ0v) is 18.5. The molecule has 0 spiro atoms. The molecule has 2 aromatic carbocycles. The molecule has 4 rings (SSSR count). The predicted octanol–water partition coefficient (Wildman–Crippen LogP) is 4.36.